The number of rotatable bonds is 8. The number of hydrogen-bond donors (Lipinski definition) is 0. The molecule has 0 aromatic heterocycles. The van der Waals surface area contributed by atoms with Crippen LogP contribution in [-0.2, 0) is 20.9 Å². The minimum absolute atomic E-state index is 0.251. The number of fused-ring (bicyclic) bond motifs is 1. The molecule has 8 heteroatoms. The van der Waals surface area contributed by atoms with Gasteiger partial charge in [-0.1, -0.05) is 24.3 Å². The topological polar surface area (TPSA) is 93.2 Å². The molecular weight excluding hydrogens is 388 g/mol. The van der Waals surface area contributed by atoms with Crippen LogP contribution in [0.2, 0.25) is 0 Å². The van der Waals surface area contributed by atoms with Gasteiger partial charge >= 0.3 is 5.97 Å². The van der Waals surface area contributed by atoms with E-state index in [1.165, 1.54) is 17.0 Å². The largest absolute Gasteiger partial charge is 0.494 e. The minimum atomic E-state index is -0.827. The molecule has 3 rings (SSSR count). The number of esters is 1. The summed E-state index contributed by atoms with van der Waals surface area (Å²) in [5.74, 6) is -1.58. The van der Waals surface area contributed by atoms with E-state index in [-0.39, 0.29) is 11.1 Å². The fourth-order valence-corrected chi connectivity index (χ4v) is 3.03. The smallest absolute Gasteiger partial charge is 0.326 e. The number of likely N-dealkylation sites (N-methyl/N-ethyl adjacent to an activating group) is 1. The van der Waals surface area contributed by atoms with Crippen molar-refractivity contribution in [2.24, 2.45) is 0 Å². The van der Waals surface area contributed by atoms with Crippen molar-refractivity contribution in [1.29, 1.82) is 0 Å². The number of ether oxygens (including phenoxy) is 2. The minimum Gasteiger partial charge on any atom is -0.494 e. The maximum absolute atomic E-state index is 12.3. The van der Waals surface area contributed by atoms with E-state index in [1.54, 1.807) is 19.2 Å². The Bertz CT molecular complexity index is 935. The molecule has 0 atom stereocenters. The van der Waals surface area contributed by atoms with Crippen LogP contribution in [0.15, 0.2) is 48.5 Å². The number of benzene rings is 2. The van der Waals surface area contributed by atoms with E-state index in [4.69, 9.17) is 9.47 Å². The molecule has 3 amide bonds. The summed E-state index contributed by atoms with van der Waals surface area (Å²) in [6, 6.07) is 13.7. The summed E-state index contributed by atoms with van der Waals surface area (Å²) in [7, 11) is 1.59. The van der Waals surface area contributed by atoms with E-state index in [0.29, 0.717) is 13.2 Å². The maximum Gasteiger partial charge on any atom is 0.326 e. The van der Waals surface area contributed by atoms with Gasteiger partial charge in [-0.25, -0.2) is 0 Å². The average molecular weight is 410 g/mol. The Hall–Kier alpha value is -3.68. The van der Waals surface area contributed by atoms with E-state index in [2.05, 4.69) is 0 Å². The first kappa shape index (κ1) is 21.0. The van der Waals surface area contributed by atoms with E-state index in [9.17, 15) is 19.2 Å². The van der Waals surface area contributed by atoms with E-state index in [0.717, 1.165) is 16.2 Å². The second-order valence-corrected chi connectivity index (χ2v) is 6.73. The molecule has 0 fully saturated rings. The third kappa shape index (κ3) is 4.65. The van der Waals surface area contributed by atoms with Crippen molar-refractivity contribution in [3.63, 3.8) is 0 Å². The molecule has 0 N–H and O–H groups in total. The van der Waals surface area contributed by atoms with Crippen LogP contribution in [0.4, 0.5) is 0 Å². The predicted molar refractivity (Wildman–Crippen MR) is 107 cm³/mol. The molecule has 0 radical (unpaired) electrons. The lowest BCUT2D eigenvalue weighted by Crippen LogP contribution is -2.37. The first-order chi connectivity index (χ1) is 14.4. The molecule has 1 aliphatic rings. The Morgan fingerprint density at radius 3 is 2.13 bits per heavy atom. The summed E-state index contributed by atoms with van der Waals surface area (Å²) in [4.78, 5) is 51.1. The predicted octanol–water partition coefficient (Wildman–Crippen LogP) is 1.88. The lowest BCUT2D eigenvalue weighted by Gasteiger charge is -2.18. The molecule has 2 aromatic rings. The van der Waals surface area contributed by atoms with E-state index in [1.807, 2.05) is 31.2 Å². The molecule has 0 saturated heterocycles. The molecule has 0 aliphatic carbocycles. The number of nitrogens with zero attached hydrogens (tertiary/aromatic N) is 2. The molecule has 156 valence electrons. The van der Waals surface area contributed by atoms with Crippen LogP contribution in [0.1, 0.15) is 33.2 Å². The maximum atomic E-state index is 12.3. The average Bonchev–Trinajstić information content (AvgIpc) is 2.98. The van der Waals surface area contributed by atoms with Gasteiger partial charge in [0.1, 0.15) is 12.3 Å². The Labute approximate surface area is 174 Å². The van der Waals surface area contributed by atoms with Crippen LogP contribution in [0.5, 0.6) is 5.75 Å². The van der Waals surface area contributed by atoms with E-state index >= 15 is 0 Å². The van der Waals surface area contributed by atoms with E-state index < -0.39 is 36.8 Å². The Kier molecular flexibility index (Phi) is 6.46. The van der Waals surface area contributed by atoms with Gasteiger partial charge < -0.3 is 14.4 Å². The van der Waals surface area contributed by atoms with Crippen LogP contribution >= 0.6 is 0 Å². The zero-order chi connectivity index (χ0) is 21.7. The van der Waals surface area contributed by atoms with Gasteiger partial charge in [-0.2, -0.15) is 0 Å². The highest BCUT2D eigenvalue weighted by Crippen LogP contribution is 2.22. The molecule has 8 nitrogen and oxygen atoms in total. The highest BCUT2D eigenvalue weighted by molar-refractivity contribution is 6.22. The molecule has 1 heterocycles. The van der Waals surface area contributed by atoms with Crippen molar-refractivity contribution in [3.8, 4) is 5.75 Å². The molecule has 2 aromatic carbocycles. The molecular formula is C22H22N2O6. The van der Waals surface area contributed by atoms with Crippen molar-refractivity contribution in [2.75, 3.05) is 26.8 Å². The van der Waals surface area contributed by atoms with Crippen molar-refractivity contribution in [2.45, 2.75) is 13.5 Å². The summed E-state index contributed by atoms with van der Waals surface area (Å²) in [5, 5.41) is 0. The third-order valence-electron chi connectivity index (χ3n) is 4.60. The fraction of sp³-hybridized carbons (Fsp3) is 0.273. The monoisotopic (exact) mass is 410 g/mol. The Morgan fingerprint density at radius 1 is 0.967 bits per heavy atom. The standard InChI is InChI=1S/C22H22N2O6/c1-3-29-16-10-8-15(9-11-16)12-23(2)19(25)14-30-20(26)13-24-21(27)17-6-4-5-7-18(17)22(24)28/h4-11H,3,12-14H2,1-2H3. The van der Waals surface area contributed by atoms with Gasteiger partial charge in [0.15, 0.2) is 6.61 Å². The van der Waals surface area contributed by atoms with Crippen LogP contribution in [0.25, 0.3) is 0 Å². The number of imide groups is 1. The summed E-state index contributed by atoms with van der Waals surface area (Å²) in [6.45, 7) is 1.79. The second kappa shape index (κ2) is 9.21. The van der Waals surface area contributed by atoms with Gasteiger partial charge in [-0.15, -0.1) is 0 Å². The number of carbonyl (C=O) groups is 4. The van der Waals surface area contributed by atoms with Crippen LogP contribution in [0, 0.1) is 0 Å². The van der Waals surface area contributed by atoms with Crippen LogP contribution in [-0.4, -0.2) is 60.3 Å². The number of hydrogen-bond acceptors (Lipinski definition) is 6. The van der Waals surface area contributed by atoms with Gasteiger partial charge in [0.05, 0.1) is 17.7 Å². The second-order valence-electron chi connectivity index (χ2n) is 6.73. The third-order valence-corrected chi connectivity index (χ3v) is 4.60. The highest BCUT2D eigenvalue weighted by Gasteiger charge is 2.36. The number of carbonyl (C=O) groups excluding carboxylic acids is 4. The summed E-state index contributed by atoms with van der Waals surface area (Å²) < 4.78 is 10.4. The fourth-order valence-electron chi connectivity index (χ4n) is 3.03. The SMILES string of the molecule is CCOc1ccc(CN(C)C(=O)COC(=O)CN2C(=O)c3ccccc3C2=O)cc1. The van der Waals surface area contributed by atoms with Crippen molar-refractivity contribution < 1.29 is 28.7 Å². The molecule has 0 unspecified atom stereocenters. The summed E-state index contributed by atoms with van der Waals surface area (Å²) in [5.41, 5.74) is 1.40. The first-order valence-electron chi connectivity index (χ1n) is 9.47. The zero-order valence-corrected chi connectivity index (χ0v) is 16.8. The molecule has 30 heavy (non-hydrogen) atoms. The van der Waals surface area contributed by atoms with Gasteiger partial charge in [-0.3, -0.25) is 24.1 Å². The zero-order valence-electron chi connectivity index (χ0n) is 16.8. The Morgan fingerprint density at radius 2 is 1.57 bits per heavy atom. The van der Waals surface area contributed by atoms with Gasteiger partial charge in [0, 0.05) is 13.6 Å². The summed E-state index contributed by atoms with van der Waals surface area (Å²) in [6.07, 6.45) is 0. The summed E-state index contributed by atoms with van der Waals surface area (Å²) >= 11 is 0. The molecule has 1 aliphatic heterocycles. The van der Waals surface area contributed by atoms with Crippen LogP contribution < -0.4 is 4.74 Å². The molecule has 0 spiro atoms. The lowest BCUT2D eigenvalue weighted by atomic mass is 10.1. The molecule has 0 bridgehead atoms. The van der Waals surface area contributed by atoms with Crippen LogP contribution in [0.3, 0.4) is 0 Å². The first-order valence-corrected chi connectivity index (χ1v) is 9.47. The normalized spacial score (nSPS) is 12.5. The van der Waals surface area contributed by atoms with Gasteiger partial charge in [0.25, 0.3) is 17.7 Å². The van der Waals surface area contributed by atoms with Crippen molar-refractivity contribution in [1.82, 2.24) is 9.80 Å². The molecule has 0 saturated carbocycles. The lowest BCUT2D eigenvalue weighted by molar-refractivity contribution is -0.151. The Balaban J connectivity index is 1.48. The van der Waals surface area contributed by atoms with Crippen molar-refractivity contribution >= 4 is 23.7 Å². The van der Waals surface area contributed by atoms with Gasteiger partial charge in [0.2, 0.25) is 0 Å². The van der Waals surface area contributed by atoms with Gasteiger partial charge in [-0.05, 0) is 36.8 Å². The van der Waals surface area contributed by atoms with Crippen molar-refractivity contribution in [3.05, 3.63) is 65.2 Å². The highest BCUT2D eigenvalue weighted by atomic mass is 16.5. The quantitative estimate of drug-likeness (QED) is 0.487. The number of amides is 3.